The number of nitrogens with zero attached hydrogens (tertiary/aromatic N) is 4. The fourth-order valence-electron chi connectivity index (χ4n) is 3.54. The van der Waals surface area contributed by atoms with Crippen molar-refractivity contribution in [3.05, 3.63) is 64.0 Å². The van der Waals surface area contributed by atoms with Crippen molar-refractivity contribution in [2.75, 3.05) is 31.5 Å². The van der Waals surface area contributed by atoms with Crippen molar-refractivity contribution in [3.8, 4) is 0 Å². The lowest BCUT2D eigenvalue weighted by Gasteiger charge is -2.34. The maximum absolute atomic E-state index is 13.0. The van der Waals surface area contributed by atoms with Crippen molar-refractivity contribution in [1.82, 2.24) is 20.0 Å². The van der Waals surface area contributed by atoms with Crippen LogP contribution >= 0.6 is 11.3 Å². The lowest BCUT2D eigenvalue weighted by Crippen LogP contribution is -2.50. The Morgan fingerprint density at radius 3 is 2.42 bits per heavy atom. The average Bonchev–Trinajstić information content (AvgIpc) is 3.51. The van der Waals surface area contributed by atoms with Crippen LogP contribution in [-0.4, -0.2) is 63.9 Å². The molecule has 2 aromatic heterocycles. The third kappa shape index (κ3) is 5.46. The Morgan fingerprint density at radius 2 is 1.76 bits per heavy atom. The van der Waals surface area contributed by atoms with Crippen molar-refractivity contribution < 1.29 is 18.8 Å². The second-order valence-corrected chi connectivity index (χ2v) is 9.26. The van der Waals surface area contributed by atoms with Gasteiger partial charge in [-0.3, -0.25) is 14.4 Å². The molecule has 1 aromatic carbocycles. The van der Waals surface area contributed by atoms with Gasteiger partial charge < -0.3 is 19.5 Å². The Hall–Kier alpha value is -3.53. The van der Waals surface area contributed by atoms with Gasteiger partial charge in [-0.05, 0) is 36.2 Å². The number of amides is 3. The molecule has 4 rings (SSSR count). The molecule has 3 heterocycles. The van der Waals surface area contributed by atoms with Gasteiger partial charge in [0.2, 0.25) is 5.01 Å². The van der Waals surface area contributed by atoms with Crippen LogP contribution in [0.15, 0.2) is 47.1 Å². The van der Waals surface area contributed by atoms with Crippen LogP contribution in [0.5, 0.6) is 0 Å². The predicted octanol–water partition coefficient (Wildman–Crippen LogP) is 3.18. The number of hydrogen-bond donors (Lipinski definition) is 1. The first-order valence-electron chi connectivity index (χ1n) is 10.8. The highest BCUT2D eigenvalue weighted by Gasteiger charge is 2.26. The van der Waals surface area contributed by atoms with E-state index < -0.39 is 0 Å². The number of anilines is 1. The van der Waals surface area contributed by atoms with E-state index in [1.165, 1.54) is 17.6 Å². The van der Waals surface area contributed by atoms with Crippen molar-refractivity contribution >= 4 is 34.7 Å². The molecule has 10 heteroatoms. The highest BCUT2D eigenvalue weighted by Crippen LogP contribution is 2.18. The zero-order valence-electron chi connectivity index (χ0n) is 18.5. The summed E-state index contributed by atoms with van der Waals surface area (Å²) in [6.45, 7) is 5.87. The van der Waals surface area contributed by atoms with Crippen molar-refractivity contribution in [1.29, 1.82) is 0 Å². The summed E-state index contributed by atoms with van der Waals surface area (Å²) in [5.74, 6) is 0.0557. The summed E-state index contributed by atoms with van der Waals surface area (Å²) in [7, 11) is 0. The molecule has 0 spiro atoms. The maximum Gasteiger partial charge on any atom is 0.289 e. The van der Waals surface area contributed by atoms with E-state index in [0.29, 0.717) is 54.1 Å². The first-order chi connectivity index (χ1) is 15.9. The molecule has 3 amide bonds. The number of carbonyl (C=O) groups excluding carboxylic acids is 3. The highest BCUT2D eigenvalue weighted by atomic mass is 32.1. The Bertz CT molecular complexity index is 1130. The molecule has 1 N–H and O–H groups in total. The first kappa shape index (κ1) is 22.7. The summed E-state index contributed by atoms with van der Waals surface area (Å²) < 4.78 is 5.17. The summed E-state index contributed by atoms with van der Waals surface area (Å²) in [5.41, 5.74) is 0.981. The average molecular weight is 468 g/mol. The van der Waals surface area contributed by atoms with Gasteiger partial charge in [-0.15, -0.1) is 10.2 Å². The van der Waals surface area contributed by atoms with Crippen molar-refractivity contribution in [2.24, 2.45) is 5.92 Å². The third-order valence-corrected chi connectivity index (χ3v) is 6.14. The van der Waals surface area contributed by atoms with Gasteiger partial charge in [0.15, 0.2) is 5.76 Å². The summed E-state index contributed by atoms with van der Waals surface area (Å²) in [6, 6.07) is 10.1. The molecule has 0 bridgehead atoms. The second-order valence-electron chi connectivity index (χ2n) is 8.20. The zero-order chi connectivity index (χ0) is 23.4. The molecule has 1 aliphatic rings. The molecule has 0 saturated carbocycles. The molecule has 0 aliphatic carbocycles. The summed E-state index contributed by atoms with van der Waals surface area (Å²) in [6.07, 6.45) is 2.24. The van der Waals surface area contributed by atoms with Gasteiger partial charge in [-0.1, -0.05) is 31.3 Å². The van der Waals surface area contributed by atoms with Crippen LogP contribution in [0.25, 0.3) is 0 Å². The molecule has 1 aliphatic heterocycles. The lowest BCUT2D eigenvalue weighted by molar-refractivity contribution is 0.0518. The quantitative estimate of drug-likeness (QED) is 0.596. The van der Waals surface area contributed by atoms with Crippen LogP contribution in [0.2, 0.25) is 0 Å². The number of rotatable bonds is 6. The van der Waals surface area contributed by atoms with Gasteiger partial charge in [0.05, 0.1) is 6.26 Å². The van der Waals surface area contributed by atoms with Gasteiger partial charge in [0.25, 0.3) is 17.7 Å². The molecule has 1 saturated heterocycles. The van der Waals surface area contributed by atoms with E-state index in [-0.39, 0.29) is 17.7 Å². The predicted molar refractivity (Wildman–Crippen MR) is 123 cm³/mol. The molecular weight excluding hydrogens is 442 g/mol. The molecule has 3 aromatic rings. The molecule has 9 nitrogen and oxygen atoms in total. The zero-order valence-corrected chi connectivity index (χ0v) is 19.3. The van der Waals surface area contributed by atoms with Gasteiger partial charge in [-0.25, -0.2) is 0 Å². The molecule has 0 atom stereocenters. The molecule has 0 unspecified atom stereocenters. The highest BCUT2D eigenvalue weighted by molar-refractivity contribution is 7.13. The number of benzene rings is 1. The van der Waals surface area contributed by atoms with E-state index in [9.17, 15) is 14.4 Å². The standard InChI is InChI=1S/C23H25N5O4S/c1-15(2)13-19-25-26-21(33-19)20(29)24-17-6-3-5-16(14-17)22(30)27-8-10-28(11-9-27)23(31)18-7-4-12-32-18/h3-7,12,14-15H,8-11,13H2,1-2H3,(H,24,29). The van der Waals surface area contributed by atoms with Crippen molar-refractivity contribution in [2.45, 2.75) is 20.3 Å². The normalized spacial score (nSPS) is 13.9. The van der Waals surface area contributed by atoms with E-state index in [1.807, 2.05) is 0 Å². The summed E-state index contributed by atoms with van der Waals surface area (Å²) in [4.78, 5) is 41.3. The van der Waals surface area contributed by atoms with E-state index in [1.54, 1.807) is 46.2 Å². The number of nitrogens with one attached hydrogen (secondary N) is 1. The first-order valence-corrected chi connectivity index (χ1v) is 11.6. The van der Waals surface area contributed by atoms with Crippen LogP contribution < -0.4 is 5.32 Å². The van der Waals surface area contributed by atoms with Crippen LogP contribution in [0.4, 0.5) is 5.69 Å². The van der Waals surface area contributed by atoms with E-state index in [0.717, 1.165) is 11.4 Å². The topological polar surface area (TPSA) is 109 Å². The summed E-state index contributed by atoms with van der Waals surface area (Å²) >= 11 is 1.27. The smallest absolute Gasteiger partial charge is 0.289 e. The largest absolute Gasteiger partial charge is 0.459 e. The Morgan fingerprint density at radius 1 is 1.03 bits per heavy atom. The molecule has 33 heavy (non-hydrogen) atoms. The molecular formula is C23H25N5O4S. The van der Waals surface area contributed by atoms with Gasteiger partial charge in [0, 0.05) is 43.9 Å². The van der Waals surface area contributed by atoms with Crippen LogP contribution in [-0.2, 0) is 6.42 Å². The summed E-state index contributed by atoms with van der Waals surface area (Å²) in [5, 5.41) is 12.0. The minimum Gasteiger partial charge on any atom is -0.459 e. The minimum absolute atomic E-state index is 0.147. The molecule has 0 radical (unpaired) electrons. The van der Waals surface area contributed by atoms with E-state index in [4.69, 9.17) is 4.42 Å². The molecule has 172 valence electrons. The fourth-order valence-corrected chi connectivity index (χ4v) is 4.49. The maximum atomic E-state index is 13.0. The van der Waals surface area contributed by atoms with E-state index >= 15 is 0 Å². The Balaban J connectivity index is 1.35. The van der Waals surface area contributed by atoms with Gasteiger partial charge in [0.1, 0.15) is 5.01 Å². The van der Waals surface area contributed by atoms with Gasteiger partial charge in [-0.2, -0.15) is 0 Å². The Kier molecular flexibility index (Phi) is 6.83. The van der Waals surface area contributed by atoms with Crippen LogP contribution in [0, 0.1) is 5.92 Å². The monoisotopic (exact) mass is 467 g/mol. The number of furan rings is 1. The van der Waals surface area contributed by atoms with Crippen LogP contribution in [0.3, 0.4) is 0 Å². The van der Waals surface area contributed by atoms with Crippen LogP contribution in [0.1, 0.15) is 49.6 Å². The number of aromatic nitrogens is 2. The third-order valence-electron chi connectivity index (χ3n) is 5.20. The Labute approximate surface area is 195 Å². The fraction of sp³-hybridized carbons (Fsp3) is 0.348. The lowest BCUT2D eigenvalue weighted by atomic mass is 10.1. The SMILES string of the molecule is CC(C)Cc1nnc(C(=O)Nc2cccc(C(=O)N3CCN(C(=O)c4ccco4)CC3)c2)s1. The second kappa shape index (κ2) is 9.95. The number of carbonyl (C=O) groups is 3. The molecule has 1 fully saturated rings. The number of piperazine rings is 1. The van der Waals surface area contributed by atoms with Crippen molar-refractivity contribution in [3.63, 3.8) is 0 Å². The van der Waals surface area contributed by atoms with E-state index in [2.05, 4.69) is 29.4 Å². The minimum atomic E-state index is -0.350. The van der Waals surface area contributed by atoms with Gasteiger partial charge >= 0.3 is 0 Å². The number of hydrogen-bond acceptors (Lipinski definition) is 7.